The molecule has 1 fully saturated rings. The van der Waals surface area contributed by atoms with E-state index in [9.17, 15) is 9.18 Å². The summed E-state index contributed by atoms with van der Waals surface area (Å²) in [4.78, 5) is 11.1. The van der Waals surface area contributed by atoms with Crippen molar-refractivity contribution >= 4 is 6.09 Å². The van der Waals surface area contributed by atoms with Crippen LogP contribution in [0.4, 0.5) is 9.18 Å². The highest BCUT2D eigenvalue weighted by Crippen LogP contribution is 2.37. The zero-order valence-electron chi connectivity index (χ0n) is 8.13. The number of fused-ring (bicyclic) bond motifs is 1. The SMILES string of the molecule is CC1(C)OC(=O)NC2=C(F)C=CCC21. The maximum Gasteiger partial charge on any atom is 0.412 e. The Morgan fingerprint density at radius 2 is 2.36 bits per heavy atom. The van der Waals surface area contributed by atoms with Gasteiger partial charge in [0, 0.05) is 5.92 Å². The Morgan fingerprint density at radius 1 is 1.64 bits per heavy atom. The maximum absolute atomic E-state index is 13.4. The Balaban J connectivity index is 2.41. The average molecular weight is 197 g/mol. The number of nitrogens with one attached hydrogen (secondary N) is 1. The maximum atomic E-state index is 13.4. The van der Waals surface area contributed by atoms with Crippen molar-refractivity contribution in [1.82, 2.24) is 5.32 Å². The van der Waals surface area contributed by atoms with Gasteiger partial charge >= 0.3 is 6.09 Å². The molecule has 1 atom stereocenters. The number of hydrogen-bond donors (Lipinski definition) is 1. The quantitative estimate of drug-likeness (QED) is 0.646. The van der Waals surface area contributed by atoms with Crippen molar-refractivity contribution in [2.75, 3.05) is 0 Å². The summed E-state index contributed by atoms with van der Waals surface area (Å²) in [7, 11) is 0. The standard InChI is InChI=1S/C10H12FNO2/c1-10(2)6-4-3-5-7(11)8(6)12-9(13)14-10/h3,5-6H,4H2,1-2H3,(H,12,13). The molecule has 3 nitrogen and oxygen atoms in total. The van der Waals surface area contributed by atoms with Gasteiger partial charge in [0.1, 0.15) is 11.4 Å². The number of cyclic esters (lactones) is 1. The highest BCUT2D eigenvalue weighted by atomic mass is 19.1. The lowest BCUT2D eigenvalue weighted by Crippen LogP contribution is -2.50. The lowest BCUT2D eigenvalue weighted by Gasteiger charge is -2.40. The van der Waals surface area contributed by atoms with Crippen LogP contribution in [0.5, 0.6) is 0 Å². The molecule has 0 bridgehead atoms. The van der Waals surface area contributed by atoms with Gasteiger partial charge in [-0.1, -0.05) is 6.08 Å². The third kappa shape index (κ3) is 1.31. The van der Waals surface area contributed by atoms with Crippen molar-refractivity contribution in [1.29, 1.82) is 0 Å². The van der Waals surface area contributed by atoms with Crippen molar-refractivity contribution in [2.24, 2.45) is 5.92 Å². The first-order chi connectivity index (χ1) is 6.50. The van der Waals surface area contributed by atoms with Crippen LogP contribution in [-0.2, 0) is 4.74 Å². The summed E-state index contributed by atoms with van der Waals surface area (Å²) in [6.45, 7) is 3.59. The predicted molar refractivity (Wildman–Crippen MR) is 49.1 cm³/mol. The number of hydrogen-bond acceptors (Lipinski definition) is 2. The van der Waals surface area contributed by atoms with Gasteiger partial charge in [-0.3, -0.25) is 5.32 Å². The molecule has 0 radical (unpaired) electrons. The van der Waals surface area contributed by atoms with Crippen LogP contribution < -0.4 is 5.32 Å². The molecule has 14 heavy (non-hydrogen) atoms. The van der Waals surface area contributed by atoms with Gasteiger partial charge in [0.25, 0.3) is 0 Å². The lowest BCUT2D eigenvalue weighted by atomic mass is 9.81. The van der Waals surface area contributed by atoms with Gasteiger partial charge < -0.3 is 4.74 Å². The molecule has 1 aliphatic heterocycles. The van der Waals surface area contributed by atoms with Crippen LogP contribution >= 0.6 is 0 Å². The van der Waals surface area contributed by atoms with Gasteiger partial charge in [0.15, 0.2) is 0 Å². The second-order valence-electron chi connectivity index (χ2n) is 4.07. The van der Waals surface area contributed by atoms with E-state index >= 15 is 0 Å². The van der Waals surface area contributed by atoms with Crippen molar-refractivity contribution in [3.63, 3.8) is 0 Å². The second-order valence-corrected chi connectivity index (χ2v) is 4.07. The molecule has 0 aromatic heterocycles. The number of amides is 1. The number of alkyl carbamates (subject to hydrolysis) is 1. The molecule has 0 saturated carbocycles. The fourth-order valence-corrected chi connectivity index (χ4v) is 1.91. The fourth-order valence-electron chi connectivity index (χ4n) is 1.91. The predicted octanol–water partition coefficient (Wildman–Crippen LogP) is 2.26. The Morgan fingerprint density at radius 3 is 3.07 bits per heavy atom. The monoisotopic (exact) mass is 197 g/mol. The molecule has 1 amide bonds. The molecule has 0 spiro atoms. The van der Waals surface area contributed by atoms with Crippen molar-refractivity contribution in [3.05, 3.63) is 23.7 Å². The molecule has 1 aliphatic carbocycles. The van der Waals surface area contributed by atoms with Gasteiger partial charge in [-0.2, -0.15) is 0 Å². The molecule has 1 unspecified atom stereocenters. The van der Waals surface area contributed by atoms with Crippen molar-refractivity contribution < 1.29 is 13.9 Å². The van der Waals surface area contributed by atoms with E-state index in [0.717, 1.165) is 0 Å². The normalized spacial score (nSPS) is 29.4. The number of carbonyl (C=O) groups is 1. The van der Waals surface area contributed by atoms with E-state index < -0.39 is 11.7 Å². The zero-order valence-corrected chi connectivity index (χ0v) is 8.13. The largest absolute Gasteiger partial charge is 0.443 e. The summed E-state index contributed by atoms with van der Waals surface area (Å²) in [5, 5.41) is 2.42. The number of ether oxygens (including phenoxy) is 1. The number of rotatable bonds is 0. The molecule has 1 heterocycles. The van der Waals surface area contributed by atoms with Gasteiger partial charge in [-0.15, -0.1) is 0 Å². The molecular weight excluding hydrogens is 185 g/mol. The lowest BCUT2D eigenvalue weighted by molar-refractivity contribution is -0.0137. The van der Waals surface area contributed by atoms with Crippen LogP contribution in [0.1, 0.15) is 20.3 Å². The van der Waals surface area contributed by atoms with E-state index in [0.29, 0.717) is 12.1 Å². The van der Waals surface area contributed by atoms with E-state index in [2.05, 4.69) is 5.32 Å². The summed E-state index contributed by atoms with van der Waals surface area (Å²) in [6.07, 6.45) is 3.25. The third-order valence-corrected chi connectivity index (χ3v) is 2.67. The smallest absolute Gasteiger partial charge is 0.412 e. The fraction of sp³-hybridized carbons (Fsp3) is 0.500. The topological polar surface area (TPSA) is 38.3 Å². The summed E-state index contributed by atoms with van der Waals surface area (Å²) in [6, 6.07) is 0. The van der Waals surface area contributed by atoms with Crippen LogP contribution in [0.25, 0.3) is 0 Å². The van der Waals surface area contributed by atoms with E-state index in [1.165, 1.54) is 6.08 Å². The molecule has 0 aromatic carbocycles. The minimum Gasteiger partial charge on any atom is -0.443 e. The molecule has 2 aliphatic rings. The van der Waals surface area contributed by atoms with Crippen LogP contribution in [0, 0.1) is 5.92 Å². The minimum atomic E-state index is -0.639. The van der Waals surface area contributed by atoms with Crippen LogP contribution in [0.3, 0.4) is 0 Å². The van der Waals surface area contributed by atoms with Gasteiger partial charge in [0.2, 0.25) is 0 Å². The van der Waals surface area contributed by atoms with Gasteiger partial charge in [-0.25, -0.2) is 9.18 Å². The van der Waals surface area contributed by atoms with Crippen LogP contribution in [0.15, 0.2) is 23.7 Å². The van der Waals surface area contributed by atoms with Gasteiger partial charge in [-0.05, 0) is 26.3 Å². The van der Waals surface area contributed by atoms with Crippen LogP contribution in [-0.4, -0.2) is 11.7 Å². The molecule has 4 heteroatoms. The van der Waals surface area contributed by atoms with Crippen LogP contribution in [0.2, 0.25) is 0 Å². The third-order valence-electron chi connectivity index (χ3n) is 2.67. The minimum absolute atomic E-state index is 0.106. The summed E-state index contributed by atoms with van der Waals surface area (Å²) in [5.74, 6) is -0.476. The van der Waals surface area contributed by atoms with E-state index in [-0.39, 0.29) is 11.7 Å². The first-order valence-corrected chi connectivity index (χ1v) is 4.57. The second kappa shape index (κ2) is 2.83. The Labute approximate surface area is 81.6 Å². The summed E-state index contributed by atoms with van der Waals surface area (Å²) >= 11 is 0. The summed E-state index contributed by atoms with van der Waals surface area (Å²) < 4.78 is 18.5. The van der Waals surface area contributed by atoms with E-state index in [1.54, 1.807) is 19.9 Å². The first-order valence-electron chi connectivity index (χ1n) is 4.57. The Bertz CT molecular complexity index is 344. The Hall–Kier alpha value is -1.32. The molecular formula is C10H12FNO2. The van der Waals surface area contributed by atoms with Crippen molar-refractivity contribution in [3.8, 4) is 0 Å². The molecule has 1 N–H and O–H groups in total. The highest BCUT2D eigenvalue weighted by molar-refractivity contribution is 5.72. The summed E-state index contributed by atoms with van der Waals surface area (Å²) in [5.41, 5.74) is -0.284. The van der Waals surface area contributed by atoms with Crippen molar-refractivity contribution in [2.45, 2.75) is 25.9 Å². The number of carbonyl (C=O) groups excluding carboxylic acids is 1. The van der Waals surface area contributed by atoms with E-state index in [1.807, 2.05) is 0 Å². The Kier molecular flexibility index (Phi) is 1.87. The number of allylic oxidation sites excluding steroid dienone is 3. The molecule has 0 aromatic rings. The first kappa shape index (κ1) is 9.24. The zero-order chi connectivity index (χ0) is 10.3. The van der Waals surface area contributed by atoms with E-state index in [4.69, 9.17) is 4.74 Å². The number of halogens is 1. The van der Waals surface area contributed by atoms with Gasteiger partial charge in [0.05, 0.1) is 5.70 Å². The molecule has 76 valence electrons. The molecule has 1 saturated heterocycles. The molecule has 2 rings (SSSR count). The highest BCUT2D eigenvalue weighted by Gasteiger charge is 2.42. The average Bonchev–Trinajstić information content (AvgIpc) is 2.05.